The van der Waals surface area contributed by atoms with Crippen molar-refractivity contribution in [3.8, 4) is 0 Å². The van der Waals surface area contributed by atoms with E-state index in [4.69, 9.17) is 4.52 Å². The first kappa shape index (κ1) is 15.7. The summed E-state index contributed by atoms with van der Waals surface area (Å²) in [6.07, 6.45) is 0.275. The summed E-state index contributed by atoms with van der Waals surface area (Å²) in [5.41, 5.74) is -0.877. The summed E-state index contributed by atoms with van der Waals surface area (Å²) in [6.45, 7) is 5.53. The molecule has 1 saturated heterocycles. The number of aliphatic carboxylic acids is 1. The van der Waals surface area contributed by atoms with E-state index in [0.717, 1.165) is 17.3 Å². The molecule has 5 nitrogen and oxygen atoms in total. The summed E-state index contributed by atoms with van der Waals surface area (Å²) in [5.74, 6) is 3.55. The minimum absolute atomic E-state index is 0.00467. The van der Waals surface area contributed by atoms with Crippen LogP contribution in [-0.2, 0) is 11.2 Å². The van der Waals surface area contributed by atoms with Gasteiger partial charge in [-0.1, -0.05) is 19.0 Å². The molecule has 1 fully saturated rings. The monoisotopic (exact) mass is 316 g/mol. The van der Waals surface area contributed by atoms with Crippen molar-refractivity contribution >= 4 is 29.5 Å². The first-order valence-electron chi connectivity index (χ1n) is 6.68. The molecular formula is C13H20N2O3S2. The first-order valence-corrected chi connectivity index (χ1v) is 8.89. The molecule has 0 amide bonds. The van der Waals surface area contributed by atoms with E-state index < -0.39 is 11.4 Å². The number of rotatable bonds is 5. The van der Waals surface area contributed by atoms with Crippen LogP contribution in [0.2, 0.25) is 0 Å². The van der Waals surface area contributed by atoms with Crippen LogP contribution in [0.1, 0.15) is 37.7 Å². The largest absolute Gasteiger partial charge is 0.481 e. The number of thioether (sulfide) groups is 2. The molecule has 0 bridgehead atoms. The molecule has 0 aliphatic carbocycles. The highest BCUT2D eigenvalue weighted by atomic mass is 32.2. The van der Waals surface area contributed by atoms with E-state index in [9.17, 15) is 9.90 Å². The van der Waals surface area contributed by atoms with Crippen LogP contribution in [0.4, 0.5) is 0 Å². The van der Waals surface area contributed by atoms with Gasteiger partial charge < -0.3 is 9.63 Å². The molecule has 1 N–H and O–H groups in total. The van der Waals surface area contributed by atoms with E-state index in [1.807, 2.05) is 37.4 Å². The predicted octanol–water partition coefficient (Wildman–Crippen LogP) is 2.88. The van der Waals surface area contributed by atoms with Crippen LogP contribution >= 0.6 is 23.5 Å². The number of carboxylic acids is 1. The highest BCUT2D eigenvalue weighted by Crippen LogP contribution is 2.36. The maximum atomic E-state index is 11.5. The third kappa shape index (κ3) is 3.31. The minimum Gasteiger partial charge on any atom is -0.481 e. The van der Waals surface area contributed by atoms with Gasteiger partial charge in [0.15, 0.2) is 5.82 Å². The van der Waals surface area contributed by atoms with E-state index >= 15 is 0 Å². The highest BCUT2D eigenvalue weighted by Gasteiger charge is 2.39. The van der Waals surface area contributed by atoms with Crippen molar-refractivity contribution in [3.63, 3.8) is 0 Å². The molecule has 7 heteroatoms. The Morgan fingerprint density at radius 2 is 2.30 bits per heavy atom. The molecule has 0 aromatic carbocycles. The molecule has 20 heavy (non-hydrogen) atoms. The molecular weight excluding hydrogens is 296 g/mol. The third-order valence-corrected chi connectivity index (χ3v) is 6.62. The maximum Gasteiger partial charge on any atom is 0.310 e. The van der Waals surface area contributed by atoms with Crippen LogP contribution in [0.25, 0.3) is 0 Å². The number of hydrogen-bond acceptors (Lipinski definition) is 6. The second-order valence-electron chi connectivity index (χ2n) is 5.53. The fourth-order valence-corrected chi connectivity index (χ4v) is 4.54. The summed E-state index contributed by atoms with van der Waals surface area (Å²) < 4.78 is 5.27. The number of carboxylic acid groups (broad SMARTS) is 1. The summed E-state index contributed by atoms with van der Waals surface area (Å²) in [4.78, 5) is 15.9. The van der Waals surface area contributed by atoms with Crippen LogP contribution < -0.4 is 0 Å². The molecule has 1 aromatic heterocycles. The summed E-state index contributed by atoms with van der Waals surface area (Å²) >= 11 is 3.73. The second kappa shape index (κ2) is 6.39. The molecule has 0 spiro atoms. The lowest BCUT2D eigenvalue weighted by Gasteiger charge is -2.27. The highest BCUT2D eigenvalue weighted by molar-refractivity contribution is 8.06. The number of nitrogens with zero attached hydrogens (tertiary/aromatic N) is 2. The molecule has 2 unspecified atom stereocenters. The first-order chi connectivity index (χ1) is 9.43. The van der Waals surface area contributed by atoms with Gasteiger partial charge in [-0.3, -0.25) is 4.79 Å². The van der Waals surface area contributed by atoms with Gasteiger partial charge in [-0.05, 0) is 12.8 Å². The van der Waals surface area contributed by atoms with Gasteiger partial charge in [0.05, 0.1) is 10.7 Å². The van der Waals surface area contributed by atoms with Gasteiger partial charge in [0.25, 0.3) is 0 Å². The maximum absolute atomic E-state index is 11.5. The SMILES string of the molecule is CC(C)C(C)(Cc1nc(C2CSCCS2)no1)C(=O)O. The number of aromatic nitrogens is 2. The van der Waals surface area contributed by atoms with Crippen LogP contribution in [0.5, 0.6) is 0 Å². The molecule has 2 rings (SSSR count). The Hall–Kier alpha value is -0.690. The molecule has 1 aliphatic rings. The second-order valence-corrected chi connectivity index (χ2v) is 8.00. The van der Waals surface area contributed by atoms with Gasteiger partial charge in [0, 0.05) is 23.7 Å². The normalized spacial score (nSPS) is 22.7. The third-order valence-electron chi connectivity index (χ3n) is 3.87. The quantitative estimate of drug-likeness (QED) is 0.895. The van der Waals surface area contributed by atoms with Crippen molar-refractivity contribution in [2.75, 3.05) is 17.3 Å². The van der Waals surface area contributed by atoms with Gasteiger partial charge in [0.1, 0.15) is 0 Å². The lowest BCUT2D eigenvalue weighted by atomic mass is 9.76. The standard InChI is InChI=1S/C13H20N2O3S2/c1-8(2)13(3,12(16)17)6-10-14-11(15-18-10)9-7-19-4-5-20-9/h8-9H,4-7H2,1-3H3,(H,16,17). The van der Waals surface area contributed by atoms with E-state index in [-0.39, 0.29) is 17.6 Å². The number of hydrogen-bond donors (Lipinski definition) is 1. The Balaban J connectivity index is 2.10. The van der Waals surface area contributed by atoms with E-state index in [2.05, 4.69) is 10.1 Å². The molecule has 0 saturated carbocycles. The molecule has 0 radical (unpaired) electrons. The number of carbonyl (C=O) groups is 1. The molecule has 2 atom stereocenters. The van der Waals surface area contributed by atoms with Crippen molar-refractivity contribution in [2.45, 2.75) is 32.4 Å². The Labute approximate surface area is 127 Å². The fraction of sp³-hybridized carbons (Fsp3) is 0.769. The van der Waals surface area contributed by atoms with Crippen LogP contribution in [0.15, 0.2) is 4.52 Å². The zero-order valence-electron chi connectivity index (χ0n) is 12.0. The van der Waals surface area contributed by atoms with Crippen LogP contribution in [0, 0.1) is 11.3 Å². The summed E-state index contributed by atoms with van der Waals surface area (Å²) in [6, 6.07) is 0. The van der Waals surface area contributed by atoms with Crippen LogP contribution in [-0.4, -0.2) is 38.5 Å². The van der Waals surface area contributed by atoms with E-state index in [0.29, 0.717) is 11.7 Å². The predicted molar refractivity (Wildman–Crippen MR) is 81.1 cm³/mol. The van der Waals surface area contributed by atoms with Crippen LogP contribution in [0.3, 0.4) is 0 Å². The molecule has 112 valence electrons. The molecule has 1 aromatic rings. The van der Waals surface area contributed by atoms with Crippen molar-refractivity contribution in [1.29, 1.82) is 0 Å². The smallest absolute Gasteiger partial charge is 0.310 e. The topological polar surface area (TPSA) is 76.2 Å². The Morgan fingerprint density at radius 1 is 1.55 bits per heavy atom. The van der Waals surface area contributed by atoms with Crippen molar-refractivity contribution in [1.82, 2.24) is 10.1 Å². The lowest BCUT2D eigenvalue weighted by Crippen LogP contribution is -2.35. The molecule has 1 aliphatic heterocycles. The average Bonchev–Trinajstić information content (AvgIpc) is 2.87. The Bertz CT molecular complexity index is 472. The fourth-order valence-electron chi connectivity index (χ4n) is 1.95. The Kier molecular flexibility index (Phi) is 5.01. The van der Waals surface area contributed by atoms with Crippen molar-refractivity contribution in [2.24, 2.45) is 11.3 Å². The average molecular weight is 316 g/mol. The lowest BCUT2D eigenvalue weighted by molar-refractivity contribution is -0.150. The zero-order valence-corrected chi connectivity index (χ0v) is 13.6. The van der Waals surface area contributed by atoms with Gasteiger partial charge in [-0.2, -0.15) is 16.7 Å². The van der Waals surface area contributed by atoms with E-state index in [1.165, 1.54) is 0 Å². The molecule has 2 heterocycles. The minimum atomic E-state index is -0.877. The Morgan fingerprint density at radius 3 is 2.85 bits per heavy atom. The van der Waals surface area contributed by atoms with Crippen molar-refractivity contribution < 1.29 is 14.4 Å². The zero-order chi connectivity index (χ0) is 14.8. The van der Waals surface area contributed by atoms with Gasteiger partial charge in [-0.15, -0.1) is 11.8 Å². The van der Waals surface area contributed by atoms with Gasteiger partial charge in [-0.25, -0.2) is 0 Å². The van der Waals surface area contributed by atoms with Crippen molar-refractivity contribution in [3.05, 3.63) is 11.7 Å². The van der Waals surface area contributed by atoms with Gasteiger partial charge >= 0.3 is 5.97 Å². The van der Waals surface area contributed by atoms with Gasteiger partial charge in [0.2, 0.25) is 5.89 Å². The summed E-state index contributed by atoms with van der Waals surface area (Å²) in [7, 11) is 0. The van der Waals surface area contributed by atoms with E-state index in [1.54, 1.807) is 6.92 Å². The summed E-state index contributed by atoms with van der Waals surface area (Å²) in [5, 5.41) is 13.7.